The maximum absolute atomic E-state index is 12.4. The smallest absolute Gasteiger partial charge is 0.238 e. The predicted octanol–water partition coefficient (Wildman–Crippen LogP) is 2.75. The molecule has 2 amide bonds. The average molecular weight is 351 g/mol. The van der Waals surface area contributed by atoms with Crippen molar-refractivity contribution in [2.45, 2.75) is 19.9 Å². The summed E-state index contributed by atoms with van der Waals surface area (Å²) in [5.41, 5.74) is 3.01. The number of nitrogens with zero attached hydrogens (tertiary/aromatic N) is 1. The SMILES string of the molecule is CC(C)C1C(=O)NCCN1CC(=O)Nc1ccc(-c2ccccc2)cc1. The Balaban J connectivity index is 1.62. The molecule has 1 saturated heterocycles. The van der Waals surface area contributed by atoms with E-state index < -0.39 is 0 Å². The zero-order chi connectivity index (χ0) is 18.5. The van der Waals surface area contributed by atoms with Crippen LogP contribution in [0.1, 0.15) is 13.8 Å². The van der Waals surface area contributed by atoms with Crippen LogP contribution < -0.4 is 10.6 Å². The summed E-state index contributed by atoms with van der Waals surface area (Å²) in [7, 11) is 0. The van der Waals surface area contributed by atoms with Gasteiger partial charge in [-0.25, -0.2) is 0 Å². The van der Waals surface area contributed by atoms with Crippen molar-refractivity contribution in [3.8, 4) is 11.1 Å². The van der Waals surface area contributed by atoms with Gasteiger partial charge in [0.2, 0.25) is 11.8 Å². The maximum Gasteiger partial charge on any atom is 0.238 e. The largest absolute Gasteiger partial charge is 0.353 e. The molecule has 2 aromatic carbocycles. The fraction of sp³-hybridized carbons (Fsp3) is 0.333. The van der Waals surface area contributed by atoms with E-state index in [4.69, 9.17) is 0 Å². The first-order valence-electron chi connectivity index (χ1n) is 9.01. The first-order chi connectivity index (χ1) is 12.5. The van der Waals surface area contributed by atoms with Crippen LogP contribution in [0.3, 0.4) is 0 Å². The molecule has 0 bridgehead atoms. The Morgan fingerprint density at radius 1 is 1.12 bits per heavy atom. The van der Waals surface area contributed by atoms with Crippen molar-refractivity contribution >= 4 is 17.5 Å². The molecule has 136 valence electrons. The molecule has 2 aromatic rings. The average Bonchev–Trinajstić information content (AvgIpc) is 2.63. The number of anilines is 1. The van der Waals surface area contributed by atoms with Crippen LogP contribution in [0.4, 0.5) is 5.69 Å². The Bertz CT molecular complexity index is 757. The number of nitrogens with one attached hydrogen (secondary N) is 2. The van der Waals surface area contributed by atoms with Crippen molar-refractivity contribution < 1.29 is 9.59 Å². The van der Waals surface area contributed by atoms with Crippen molar-refractivity contribution in [2.75, 3.05) is 25.0 Å². The third-order valence-electron chi connectivity index (χ3n) is 4.61. The summed E-state index contributed by atoms with van der Waals surface area (Å²) in [5, 5.41) is 5.81. The van der Waals surface area contributed by atoms with Gasteiger partial charge in [-0.2, -0.15) is 0 Å². The van der Waals surface area contributed by atoms with E-state index in [9.17, 15) is 9.59 Å². The normalized spacial score (nSPS) is 17.8. The van der Waals surface area contributed by atoms with Crippen LogP contribution in [-0.4, -0.2) is 42.4 Å². The Kier molecular flexibility index (Phi) is 5.68. The Hall–Kier alpha value is -2.66. The highest BCUT2D eigenvalue weighted by molar-refractivity contribution is 5.93. The third-order valence-corrected chi connectivity index (χ3v) is 4.61. The van der Waals surface area contributed by atoms with Crippen LogP contribution in [0.15, 0.2) is 54.6 Å². The zero-order valence-electron chi connectivity index (χ0n) is 15.2. The van der Waals surface area contributed by atoms with Gasteiger partial charge in [-0.05, 0) is 29.2 Å². The zero-order valence-corrected chi connectivity index (χ0v) is 15.2. The van der Waals surface area contributed by atoms with E-state index in [-0.39, 0.29) is 30.3 Å². The molecule has 0 radical (unpaired) electrons. The van der Waals surface area contributed by atoms with E-state index in [2.05, 4.69) is 22.8 Å². The summed E-state index contributed by atoms with van der Waals surface area (Å²) in [5.74, 6) is 0.0670. The van der Waals surface area contributed by atoms with Crippen molar-refractivity contribution in [3.05, 3.63) is 54.6 Å². The third kappa shape index (κ3) is 4.29. The molecule has 5 heteroatoms. The molecule has 1 fully saturated rings. The fourth-order valence-electron chi connectivity index (χ4n) is 3.40. The van der Waals surface area contributed by atoms with Crippen LogP contribution >= 0.6 is 0 Å². The first-order valence-corrected chi connectivity index (χ1v) is 9.01. The van der Waals surface area contributed by atoms with Gasteiger partial charge in [-0.1, -0.05) is 56.3 Å². The van der Waals surface area contributed by atoms with Crippen molar-refractivity contribution in [1.82, 2.24) is 10.2 Å². The molecule has 3 rings (SSSR count). The number of amides is 2. The lowest BCUT2D eigenvalue weighted by Gasteiger charge is -2.36. The molecule has 1 aliphatic heterocycles. The van der Waals surface area contributed by atoms with E-state index in [0.29, 0.717) is 13.1 Å². The van der Waals surface area contributed by atoms with Gasteiger partial charge in [-0.3, -0.25) is 14.5 Å². The molecule has 5 nitrogen and oxygen atoms in total. The summed E-state index contributed by atoms with van der Waals surface area (Å²) < 4.78 is 0. The lowest BCUT2D eigenvalue weighted by Crippen LogP contribution is -2.58. The minimum absolute atomic E-state index is 0.00580. The Morgan fingerprint density at radius 2 is 1.77 bits per heavy atom. The molecule has 0 saturated carbocycles. The number of rotatable bonds is 5. The molecule has 1 aliphatic rings. The minimum Gasteiger partial charge on any atom is -0.353 e. The predicted molar refractivity (Wildman–Crippen MR) is 104 cm³/mol. The van der Waals surface area contributed by atoms with Crippen molar-refractivity contribution in [2.24, 2.45) is 5.92 Å². The van der Waals surface area contributed by atoms with E-state index in [0.717, 1.165) is 16.8 Å². The van der Waals surface area contributed by atoms with Gasteiger partial charge in [0.25, 0.3) is 0 Å². The molecule has 1 atom stereocenters. The van der Waals surface area contributed by atoms with Gasteiger partial charge in [0, 0.05) is 18.8 Å². The van der Waals surface area contributed by atoms with E-state index >= 15 is 0 Å². The van der Waals surface area contributed by atoms with Gasteiger partial charge in [-0.15, -0.1) is 0 Å². The van der Waals surface area contributed by atoms with Crippen molar-refractivity contribution in [1.29, 1.82) is 0 Å². The molecular weight excluding hydrogens is 326 g/mol. The maximum atomic E-state index is 12.4. The molecule has 0 aromatic heterocycles. The number of hydrogen-bond donors (Lipinski definition) is 2. The van der Waals surface area contributed by atoms with Gasteiger partial charge in [0.1, 0.15) is 0 Å². The molecule has 0 spiro atoms. The number of piperazine rings is 1. The van der Waals surface area contributed by atoms with Crippen LogP contribution in [0.5, 0.6) is 0 Å². The van der Waals surface area contributed by atoms with Crippen LogP contribution in [0.25, 0.3) is 11.1 Å². The number of hydrogen-bond acceptors (Lipinski definition) is 3. The van der Waals surface area contributed by atoms with Gasteiger partial charge in [0.05, 0.1) is 12.6 Å². The highest BCUT2D eigenvalue weighted by atomic mass is 16.2. The lowest BCUT2D eigenvalue weighted by molar-refractivity contribution is -0.132. The quantitative estimate of drug-likeness (QED) is 0.871. The van der Waals surface area contributed by atoms with E-state index in [1.54, 1.807) is 0 Å². The number of carbonyl (C=O) groups excluding carboxylic acids is 2. The molecule has 1 heterocycles. The van der Waals surface area contributed by atoms with E-state index in [1.165, 1.54) is 0 Å². The highest BCUT2D eigenvalue weighted by Crippen LogP contribution is 2.21. The second-order valence-corrected chi connectivity index (χ2v) is 6.94. The molecule has 1 unspecified atom stereocenters. The number of benzene rings is 2. The highest BCUT2D eigenvalue weighted by Gasteiger charge is 2.33. The fourth-order valence-corrected chi connectivity index (χ4v) is 3.40. The summed E-state index contributed by atoms with van der Waals surface area (Å²) in [4.78, 5) is 26.5. The van der Waals surface area contributed by atoms with Crippen LogP contribution in [-0.2, 0) is 9.59 Å². The van der Waals surface area contributed by atoms with Gasteiger partial charge in [0.15, 0.2) is 0 Å². The van der Waals surface area contributed by atoms with E-state index in [1.807, 2.05) is 61.2 Å². The first kappa shape index (κ1) is 18.1. The molecule has 0 aliphatic carbocycles. The monoisotopic (exact) mass is 351 g/mol. The molecule has 2 N–H and O–H groups in total. The van der Waals surface area contributed by atoms with Crippen molar-refractivity contribution in [3.63, 3.8) is 0 Å². The standard InChI is InChI=1S/C21H25N3O2/c1-15(2)20-21(26)22-12-13-24(20)14-19(25)23-18-10-8-17(9-11-18)16-6-4-3-5-7-16/h3-11,15,20H,12-14H2,1-2H3,(H,22,26)(H,23,25). The Morgan fingerprint density at radius 3 is 2.42 bits per heavy atom. The summed E-state index contributed by atoms with van der Waals surface area (Å²) >= 11 is 0. The second kappa shape index (κ2) is 8.15. The van der Waals surface area contributed by atoms with Gasteiger partial charge < -0.3 is 10.6 Å². The minimum atomic E-state index is -0.255. The summed E-state index contributed by atoms with van der Waals surface area (Å²) in [6.07, 6.45) is 0. The Labute approximate surface area is 154 Å². The van der Waals surface area contributed by atoms with Gasteiger partial charge >= 0.3 is 0 Å². The number of carbonyl (C=O) groups is 2. The lowest BCUT2D eigenvalue weighted by atomic mass is 9.99. The topological polar surface area (TPSA) is 61.4 Å². The summed E-state index contributed by atoms with van der Waals surface area (Å²) in [6.45, 7) is 5.50. The van der Waals surface area contributed by atoms with Crippen LogP contribution in [0.2, 0.25) is 0 Å². The van der Waals surface area contributed by atoms with Crippen LogP contribution in [0, 0.1) is 5.92 Å². The summed E-state index contributed by atoms with van der Waals surface area (Å²) in [6, 6.07) is 17.7. The molecule has 26 heavy (non-hydrogen) atoms. The molecular formula is C21H25N3O2. The second-order valence-electron chi connectivity index (χ2n) is 6.94.